The molecule has 104 valence electrons. The fraction of sp³-hybridized carbons (Fsp3) is 0.571. The van der Waals surface area contributed by atoms with E-state index in [0.717, 1.165) is 31.1 Å². The van der Waals surface area contributed by atoms with Gasteiger partial charge in [-0.15, -0.1) is 0 Å². The van der Waals surface area contributed by atoms with Crippen LogP contribution in [0.3, 0.4) is 0 Å². The lowest BCUT2D eigenvalue weighted by molar-refractivity contribution is 0.0600. The SMILES string of the molecule is COC(=O)c1cc(C)nc(N2CCNC(C)(C)C2)c1. The number of nitrogens with zero attached hydrogens (tertiary/aromatic N) is 2. The molecule has 5 heteroatoms. The molecule has 0 unspecified atom stereocenters. The van der Waals surface area contributed by atoms with Gasteiger partial charge in [0.25, 0.3) is 0 Å². The minimum Gasteiger partial charge on any atom is -0.465 e. The van der Waals surface area contributed by atoms with Crippen LogP contribution in [0.15, 0.2) is 12.1 Å². The molecule has 1 N–H and O–H groups in total. The molecule has 0 amide bonds. The number of aromatic nitrogens is 1. The van der Waals surface area contributed by atoms with Gasteiger partial charge in [-0.25, -0.2) is 9.78 Å². The molecule has 19 heavy (non-hydrogen) atoms. The maximum absolute atomic E-state index is 11.6. The number of esters is 1. The molecule has 2 rings (SSSR count). The van der Waals surface area contributed by atoms with Crippen molar-refractivity contribution in [3.8, 4) is 0 Å². The number of piperazine rings is 1. The summed E-state index contributed by atoms with van der Waals surface area (Å²) in [7, 11) is 1.39. The van der Waals surface area contributed by atoms with Crippen molar-refractivity contribution in [3.63, 3.8) is 0 Å². The van der Waals surface area contributed by atoms with Crippen molar-refractivity contribution in [2.45, 2.75) is 26.3 Å². The quantitative estimate of drug-likeness (QED) is 0.817. The van der Waals surface area contributed by atoms with Crippen LogP contribution in [0.5, 0.6) is 0 Å². The van der Waals surface area contributed by atoms with E-state index >= 15 is 0 Å². The molecule has 0 saturated carbocycles. The van der Waals surface area contributed by atoms with Crippen LogP contribution in [-0.2, 0) is 4.74 Å². The Morgan fingerprint density at radius 2 is 2.21 bits per heavy atom. The number of aryl methyl sites for hydroxylation is 1. The third-order valence-corrected chi connectivity index (χ3v) is 3.26. The highest BCUT2D eigenvalue weighted by molar-refractivity contribution is 5.90. The Morgan fingerprint density at radius 3 is 2.84 bits per heavy atom. The Morgan fingerprint density at radius 1 is 1.47 bits per heavy atom. The standard InChI is InChI=1S/C14H21N3O2/c1-10-7-11(13(18)19-4)8-12(16-10)17-6-5-15-14(2,3)9-17/h7-8,15H,5-6,9H2,1-4H3. The van der Waals surface area contributed by atoms with Crippen LogP contribution >= 0.6 is 0 Å². The number of rotatable bonds is 2. The van der Waals surface area contributed by atoms with E-state index in [1.807, 2.05) is 6.92 Å². The second-order valence-electron chi connectivity index (χ2n) is 5.58. The highest BCUT2D eigenvalue weighted by Crippen LogP contribution is 2.20. The van der Waals surface area contributed by atoms with Crippen LogP contribution in [0.1, 0.15) is 29.9 Å². The Labute approximate surface area is 114 Å². The van der Waals surface area contributed by atoms with Gasteiger partial charge < -0.3 is 15.0 Å². The third kappa shape index (κ3) is 3.23. The molecule has 1 fully saturated rings. The Kier molecular flexibility index (Phi) is 3.75. The summed E-state index contributed by atoms with van der Waals surface area (Å²) in [6.07, 6.45) is 0. The normalized spacial score (nSPS) is 18.2. The molecule has 0 aliphatic carbocycles. The van der Waals surface area contributed by atoms with Crippen molar-refractivity contribution >= 4 is 11.8 Å². The van der Waals surface area contributed by atoms with E-state index < -0.39 is 0 Å². The molecule has 0 aromatic carbocycles. The van der Waals surface area contributed by atoms with Crippen LogP contribution < -0.4 is 10.2 Å². The second kappa shape index (κ2) is 5.17. The molecule has 2 heterocycles. The largest absolute Gasteiger partial charge is 0.465 e. The molecule has 5 nitrogen and oxygen atoms in total. The zero-order chi connectivity index (χ0) is 14.0. The summed E-state index contributed by atoms with van der Waals surface area (Å²) in [4.78, 5) is 18.4. The molecule has 0 spiro atoms. The Bertz CT molecular complexity index is 486. The number of nitrogens with one attached hydrogen (secondary N) is 1. The fourth-order valence-corrected chi connectivity index (χ4v) is 2.39. The summed E-state index contributed by atoms with van der Waals surface area (Å²) >= 11 is 0. The minimum absolute atomic E-state index is 0.0507. The summed E-state index contributed by atoms with van der Waals surface area (Å²) in [5.41, 5.74) is 1.44. The van der Waals surface area contributed by atoms with Crippen LogP contribution in [0.4, 0.5) is 5.82 Å². The van der Waals surface area contributed by atoms with Gasteiger partial charge in [-0.1, -0.05) is 0 Å². The van der Waals surface area contributed by atoms with E-state index in [1.54, 1.807) is 12.1 Å². The molecule has 1 aromatic rings. The average Bonchev–Trinajstić information content (AvgIpc) is 2.36. The summed E-state index contributed by atoms with van der Waals surface area (Å²) < 4.78 is 4.78. The van der Waals surface area contributed by atoms with Gasteiger partial charge in [0.2, 0.25) is 0 Å². The number of hydrogen-bond donors (Lipinski definition) is 1. The Balaban J connectivity index is 2.29. The highest BCUT2D eigenvalue weighted by atomic mass is 16.5. The van der Waals surface area contributed by atoms with E-state index in [4.69, 9.17) is 4.74 Å². The lowest BCUT2D eigenvalue weighted by Gasteiger charge is -2.39. The number of hydrogen-bond acceptors (Lipinski definition) is 5. The first-order valence-corrected chi connectivity index (χ1v) is 6.48. The van der Waals surface area contributed by atoms with Gasteiger partial charge in [0.1, 0.15) is 5.82 Å². The summed E-state index contributed by atoms with van der Waals surface area (Å²) in [6, 6.07) is 3.56. The first-order chi connectivity index (χ1) is 8.91. The number of carbonyl (C=O) groups excluding carboxylic acids is 1. The first kappa shape index (κ1) is 13.8. The van der Waals surface area contributed by atoms with Crippen LogP contribution in [0, 0.1) is 6.92 Å². The average molecular weight is 263 g/mol. The van der Waals surface area contributed by atoms with E-state index in [9.17, 15) is 4.79 Å². The van der Waals surface area contributed by atoms with E-state index in [-0.39, 0.29) is 11.5 Å². The van der Waals surface area contributed by atoms with Crippen molar-refractivity contribution in [1.82, 2.24) is 10.3 Å². The first-order valence-electron chi connectivity index (χ1n) is 6.48. The lowest BCUT2D eigenvalue weighted by Crippen LogP contribution is -2.57. The smallest absolute Gasteiger partial charge is 0.338 e. The summed E-state index contributed by atoms with van der Waals surface area (Å²) in [5.74, 6) is 0.524. The van der Waals surface area contributed by atoms with E-state index in [2.05, 4.69) is 29.0 Å². The highest BCUT2D eigenvalue weighted by Gasteiger charge is 2.27. The summed E-state index contributed by atoms with van der Waals surface area (Å²) in [6.45, 7) is 8.89. The predicted molar refractivity (Wildman–Crippen MR) is 74.6 cm³/mol. The molecular formula is C14H21N3O2. The van der Waals surface area contributed by atoms with Crippen LogP contribution in [0.25, 0.3) is 0 Å². The summed E-state index contributed by atoms with van der Waals surface area (Å²) in [5, 5.41) is 3.46. The monoisotopic (exact) mass is 263 g/mol. The number of anilines is 1. The lowest BCUT2D eigenvalue weighted by atomic mass is 10.0. The van der Waals surface area contributed by atoms with Gasteiger partial charge in [-0.05, 0) is 32.9 Å². The zero-order valence-corrected chi connectivity index (χ0v) is 12.0. The van der Waals surface area contributed by atoms with Gasteiger partial charge >= 0.3 is 5.97 Å². The molecule has 1 saturated heterocycles. The number of carbonyl (C=O) groups is 1. The van der Waals surface area contributed by atoms with Crippen molar-refractivity contribution in [1.29, 1.82) is 0 Å². The molecule has 1 aliphatic heterocycles. The molecular weight excluding hydrogens is 242 g/mol. The topological polar surface area (TPSA) is 54.5 Å². The van der Waals surface area contributed by atoms with Gasteiger partial charge in [0, 0.05) is 30.9 Å². The van der Waals surface area contributed by atoms with Gasteiger partial charge in [0.15, 0.2) is 0 Å². The Hall–Kier alpha value is -1.62. The molecule has 0 atom stereocenters. The van der Waals surface area contributed by atoms with Crippen molar-refractivity contribution in [3.05, 3.63) is 23.4 Å². The fourth-order valence-electron chi connectivity index (χ4n) is 2.39. The van der Waals surface area contributed by atoms with Crippen molar-refractivity contribution in [2.24, 2.45) is 0 Å². The maximum Gasteiger partial charge on any atom is 0.338 e. The molecule has 1 aliphatic rings. The van der Waals surface area contributed by atoms with Crippen molar-refractivity contribution in [2.75, 3.05) is 31.6 Å². The zero-order valence-electron chi connectivity index (χ0n) is 12.0. The molecule has 1 aromatic heterocycles. The van der Waals surface area contributed by atoms with Gasteiger partial charge in [-0.2, -0.15) is 0 Å². The van der Waals surface area contributed by atoms with Gasteiger partial charge in [0.05, 0.1) is 12.7 Å². The number of methoxy groups -OCH3 is 1. The number of pyridine rings is 1. The third-order valence-electron chi connectivity index (χ3n) is 3.26. The molecule has 0 bridgehead atoms. The van der Waals surface area contributed by atoms with Crippen LogP contribution in [-0.4, -0.2) is 43.2 Å². The second-order valence-corrected chi connectivity index (χ2v) is 5.58. The molecule has 0 radical (unpaired) electrons. The number of ether oxygens (including phenoxy) is 1. The maximum atomic E-state index is 11.6. The van der Waals surface area contributed by atoms with E-state index in [1.165, 1.54) is 7.11 Å². The van der Waals surface area contributed by atoms with E-state index in [0.29, 0.717) is 5.56 Å². The van der Waals surface area contributed by atoms with Crippen molar-refractivity contribution < 1.29 is 9.53 Å². The predicted octanol–water partition coefficient (Wildman–Crippen LogP) is 1.36. The minimum atomic E-state index is -0.318. The van der Waals surface area contributed by atoms with Crippen LogP contribution in [0.2, 0.25) is 0 Å². The van der Waals surface area contributed by atoms with Gasteiger partial charge in [-0.3, -0.25) is 0 Å².